The molecule has 6 nitrogen and oxygen atoms in total. The Balaban J connectivity index is 1.86. The van der Waals surface area contributed by atoms with Gasteiger partial charge in [0.2, 0.25) is 0 Å². The van der Waals surface area contributed by atoms with E-state index in [0.29, 0.717) is 17.8 Å². The van der Waals surface area contributed by atoms with E-state index in [-0.39, 0.29) is 11.1 Å². The highest BCUT2D eigenvalue weighted by Crippen LogP contribution is 2.57. The topological polar surface area (TPSA) is 78.9 Å². The zero-order valence-corrected chi connectivity index (χ0v) is 19.4. The van der Waals surface area contributed by atoms with Crippen LogP contribution in [0.3, 0.4) is 0 Å². The minimum atomic E-state index is -0.864. The minimum absolute atomic E-state index is 0.0470. The molecule has 168 valence electrons. The highest BCUT2D eigenvalue weighted by molar-refractivity contribution is 6.19. The van der Waals surface area contributed by atoms with Gasteiger partial charge in [0.1, 0.15) is 16.8 Å². The zero-order chi connectivity index (χ0) is 22.5. The van der Waals surface area contributed by atoms with Gasteiger partial charge in [0, 0.05) is 0 Å². The SMILES string of the molecule is CC(C(=O)OC12CC3CC(CC(C3)C1)C2)=C(C(=O)OC(C)(C)C)C(=O)OC(C)(C)C. The Kier molecular flexibility index (Phi) is 5.85. The second-order valence-corrected chi connectivity index (χ2v) is 11.5. The first-order chi connectivity index (χ1) is 13.7. The summed E-state index contributed by atoms with van der Waals surface area (Å²) >= 11 is 0. The van der Waals surface area contributed by atoms with Crippen LogP contribution < -0.4 is 0 Å². The lowest BCUT2D eigenvalue weighted by Gasteiger charge is -2.55. The first-order valence-electron chi connectivity index (χ1n) is 11.1. The number of carbonyl (C=O) groups excluding carboxylic acids is 3. The molecule has 0 aliphatic heterocycles. The summed E-state index contributed by atoms with van der Waals surface area (Å²) in [4.78, 5) is 38.7. The largest absolute Gasteiger partial charge is 0.456 e. The predicted octanol–water partition coefficient (Wildman–Crippen LogP) is 4.50. The van der Waals surface area contributed by atoms with Crippen LogP contribution in [0.25, 0.3) is 0 Å². The molecule has 0 aromatic carbocycles. The Hall–Kier alpha value is -1.85. The van der Waals surface area contributed by atoms with Crippen LogP contribution in [0.4, 0.5) is 0 Å². The summed E-state index contributed by atoms with van der Waals surface area (Å²) < 4.78 is 16.8. The van der Waals surface area contributed by atoms with Crippen molar-refractivity contribution in [1.29, 1.82) is 0 Å². The molecule has 0 aromatic rings. The van der Waals surface area contributed by atoms with Crippen molar-refractivity contribution in [3.05, 3.63) is 11.1 Å². The third kappa shape index (κ3) is 5.25. The first kappa shape index (κ1) is 22.8. The Morgan fingerprint density at radius 1 is 0.700 bits per heavy atom. The molecule has 0 unspecified atom stereocenters. The minimum Gasteiger partial charge on any atom is -0.456 e. The van der Waals surface area contributed by atoms with Crippen molar-refractivity contribution >= 4 is 17.9 Å². The maximum atomic E-state index is 13.1. The molecule has 0 heterocycles. The summed E-state index contributed by atoms with van der Waals surface area (Å²) in [7, 11) is 0. The van der Waals surface area contributed by atoms with Crippen molar-refractivity contribution in [3.8, 4) is 0 Å². The second-order valence-electron chi connectivity index (χ2n) is 11.5. The van der Waals surface area contributed by atoms with Crippen molar-refractivity contribution in [2.24, 2.45) is 17.8 Å². The zero-order valence-electron chi connectivity index (χ0n) is 19.4. The van der Waals surface area contributed by atoms with E-state index in [9.17, 15) is 14.4 Å². The van der Waals surface area contributed by atoms with Crippen LogP contribution in [0.2, 0.25) is 0 Å². The third-order valence-corrected chi connectivity index (χ3v) is 6.18. The molecule has 4 bridgehead atoms. The van der Waals surface area contributed by atoms with E-state index in [1.807, 2.05) is 0 Å². The monoisotopic (exact) mass is 420 g/mol. The lowest BCUT2D eigenvalue weighted by molar-refractivity contribution is -0.183. The van der Waals surface area contributed by atoms with Gasteiger partial charge in [-0.25, -0.2) is 14.4 Å². The third-order valence-electron chi connectivity index (χ3n) is 6.18. The number of carbonyl (C=O) groups is 3. The molecule has 0 spiro atoms. The summed E-state index contributed by atoms with van der Waals surface area (Å²) in [5.74, 6) is -0.504. The molecular formula is C24H36O6. The molecule has 4 fully saturated rings. The molecule has 30 heavy (non-hydrogen) atoms. The summed E-state index contributed by atoms with van der Waals surface area (Å²) in [6, 6.07) is 0. The fourth-order valence-corrected chi connectivity index (χ4v) is 5.58. The lowest BCUT2D eigenvalue weighted by atomic mass is 9.54. The van der Waals surface area contributed by atoms with Gasteiger partial charge >= 0.3 is 17.9 Å². The molecule has 0 N–H and O–H groups in total. The number of esters is 3. The molecule has 0 amide bonds. The molecule has 6 heteroatoms. The molecule has 0 atom stereocenters. The van der Waals surface area contributed by atoms with E-state index in [1.54, 1.807) is 41.5 Å². The fraction of sp³-hybridized carbons (Fsp3) is 0.792. The molecule has 0 saturated heterocycles. The fourth-order valence-electron chi connectivity index (χ4n) is 5.58. The smallest absolute Gasteiger partial charge is 0.346 e. The number of ether oxygens (including phenoxy) is 3. The standard InChI is InChI=1S/C24H36O6/c1-14(18(20(26)28-22(2,3)4)21(27)29-23(5,6)7)19(25)30-24-11-15-8-16(12-24)10-17(9-15)13-24/h15-17H,8-13H2,1-7H3. The van der Waals surface area contributed by atoms with Gasteiger partial charge in [-0.2, -0.15) is 0 Å². The Labute approximate surface area is 179 Å². The van der Waals surface area contributed by atoms with Gasteiger partial charge in [-0.15, -0.1) is 0 Å². The van der Waals surface area contributed by atoms with Gasteiger partial charge in [0.15, 0.2) is 5.57 Å². The molecule has 0 aromatic heterocycles. The maximum Gasteiger partial charge on any atom is 0.346 e. The Bertz CT molecular complexity index is 696. The van der Waals surface area contributed by atoms with Gasteiger partial charge in [0.05, 0.1) is 5.57 Å². The molecule has 4 saturated carbocycles. The number of hydrogen-bond acceptors (Lipinski definition) is 6. The van der Waals surface area contributed by atoms with Crippen LogP contribution in [-0.4, -0.2) is 34.7 Å². The van der Waals surface area contributed by atoms with Crippen molar-refractivity contribution in [2.75, 3.05) is 0 Å². The second kappa shape index (κ2) is 7.69. The predicted molar refractivity (Wildman–Crippen MR) is 111 cm³/mol. The molecule has 4 rings (SSSR count). The Morgan fingerprint density at radius 2 is 1.07 bits per heavy atom. The van der Waals surface area contributed by atoms with E-state index in [0.717, 1.165) is 19.3 Å². The lowest BCUT2D eigenvalue weighted by Crippen LogP contribution is -2.53. The van der Waals surface area contributed by atoms with Gasteiger partial charge < -0.3 is 14.2 Å². The average Bonchev–Trinajstić information content (AvgIpc) is 2.49. The van der Waals surface area contributed by atoms with Crippen LogP contribution in [0.15, 0.2) is 11.1 Å². The average molecular weight is 421 g/mol. The maximum absolute atomic E-state index is 13.1. The summed E-state index contributed by atoms with van der Waals surface area (Å²) in [6.45, 7) is 11.7. The molecule has 4 aliphatic rings. The van der Waals surface area contributed by atoms with Gasteiger partial charge in [-0.3, -0.25) is 0 Å². The van der Waals surface area contributed by atoms with Gasteiger partial charge in [-0.1, -0.05) is 0 Å². The number of hydrogen-bond donors (Lipinski definition) is 0. The van der Waals surface area contributed by atoms with Crippen molar-refractivity contribution in [1.82, 2.24) is 0 Å². The van der Waals surface area contributed by atoms with Crippen LogP contribution in [0, 0.1) is 17.8 Å². The Morgan fingerprint density at radius 3 is 1.40 bits per heavy atom. The van der Waals surface area contributed by atoms with Crippen molar-refractivity contribution in [3.63, 3.8) is 0 Å². The summed E-state index contributed by atoms with van der Waals surface area (Å²) in [6.07, 6.45) is 6.33. The normalized spacial score (nSPS) is 29.9. The van der Waals surface area contributed by atoms with Crippen LogP contribution >= 0.6 is 0 Å². The van der Waals surface area contributed by atoms with E-state index >= 15 is 0 Å². The molecule has 4 aliphatic carbocycles. The molecular weight excluding hydrogens is 384 g/mol. The first-order valence-corrected chi connectivity index (χ1v) is 11.1. The van der Waals surface area contributed by atoms with Crippen LogP contribution in [-0.2, 0) is 28.6 Å². The van der Waals surface area contributed by atoms with Gasteiger partial charge in [-0.05, 0) is 105 Å². The molecule has 0 radical (unpaired) electrons. The van der Waals surface area contributed by atoms with Crippen molar-refractivity contribution in [2.45, 2.75) is 104 Å². The van der Waals surface area contributed by atoms with Crippen LogP contribution in [0.5, 0.6) is 0 Å². The van der Waals surface area contributed by atoms with Crippen molar-refractivity contribution < 1.29 is 28.6 Å². The summed E-state index contributed by atoms with van der Waals surface area (Å²) in [5, 5.41) is 0. The summed E-state index contributed by atoms with van der Waals surface area (Å²) in [5.41, 5.74) is -2.51. The van der Waals surface area contributed by atoms with Crippen LogP contribution in [0.1, 0.15) is 87.0 Å². The van der Waals surface area contributed by atoms with E-state index in [4.69, 9.17) is 14.2 Å². The number of rotatable bonds is 4. The van der Waals surface area contributed by atoms with E-state index in [1.165, 1.54) is 26.2 Å². The highest BCUT2D eigenvalue weighted by atomic mass is 16.6. The quantitative estimate of drug-likeness (QED) is 0.219. The van der Waals surface area contributed by atoms with Gasteiger partial charge in [0.25, 0.3) is 0 Å². The highest BCUT2D eigenvalue weighted by Gasteiger charge is 2.53. The van der Waals surface area contributed by atoms with E-state index < -0.39 is 34.7 Å². The van der Waals surface area contributed by atoms with E-state index in [2.05, 4.69) is 0 Å².